The van der Waals surface area contributed by atoms with E-state index in [9.17, 15) is 9.90 Å². The van der Waals surface area contributed by atoms with Crippen LogP contribution in [-0.2, 0) is 0 Å². The van der Waals surface area contributed by atoms with Crippen LogP contribution in [0.1, 0.15) is 29.6 Å². The number of aromatic carboxylic acids is 1. The van der Waals surface area contributed by atoms with Gasteiger partial charge in [0.05, 0.1) is 11.1 Å². The lowest BCUT2D eigenvalue weighted by atomic mass is 10.0. The summed E-state index contributed by atoms with van der Waals surface area (Å²) in [5.41, 5.74) is 1.12. The van der Waals surface area contributed by atoms with E-state index in [-0.39, 0.29) is 0 Å². The van der Waals surface area contributed by atoms with Crippen LogP contribution in [0.25, 0.3) is 10.9 Å². The second-order valence-corrected chi connectivity index (χ2v) is 6.21. The lowest BCUT2D eigenvalue weighted by Gasteiger charge is -2.19. The summed E-state index contributed by atoms with van der Waals surface area (Å²) < 4.78 is 0. The largest absolute Gasteiger partial charge is 0.478 e. The maximum Gasteiger partial charge on any atom is 0.336 e. The highest BCUT2D eigenvalue weighted by Gasteiger charge is 2.36. The van der Waals surface area contributed by atoms with E-state index in [1.165, 1.54) is 19.3 Å². The number of para-hydroxylation sites is 1. The number of anilines is 1. The van der Waals surface area contributed by atoms with Crippen molar-refractivity contribution in [1.82, 2.24) is 4.98 Å². The Balaban J connectivity index is 1.77. The molecule has 0 radical (unpaired) electrons. The predicted octanol–water partition coefficient (Wildman–Crippen LogP) is 3.17. The minimum atomic E-state index is -0.880. The van der Waals surface area contributed by atoms with Crippen LogP contribution in [0.3, 0.4) is 0 Å². The Bertz CT molecular complexity index is 701. The number of benzene rings is 1. The third-order valence-corrected chi connectivity index (χ3v) is 4.98. The first-order valence-corrected chi connectivity index (χ1v) is 7.60. The first-order valence-electron chi connectivity index (χ1n) is 7.60. The Morgan fingerprint density at radius 3 is 2.62 bits per heavy atom. The van der Waals surface area contributed by atoms with Crippen molar-refractivity contribution in [1.29, 1.82) is 0 Å². The summed E-state index contributed by atoms with van der Waals surface area (Å²) in [6.07, 6.45) is 3.95. The van der Waals surface area contributed by atoms with Gasteiger partial charge in [0.1, 0.15) is 5.82 Å². The smallest absolute Gasteiger partial charge is 0.336 e. The second-order valence-electron chi connectivity index (χ2n) is 6.21. The number of rotatable bonds is 2. The maximum atomic E-state index is 11.5. The van der Waals surface area contributed by atoms with E-state index in [0.29, 0.717) is 10.9 Å². The Morgan fingerprint density at radius 2 is 1.90 bits per heavy atom. The molecule has 2 unspecified atom stereocenters. The van der Waals surface area contributed by atoms with Crippen LogP contribution in [0.4, 0.5) is 5.82 Å². The molecule has 4 heteroatoms. The Kier molecular flexibility index (Phi) is 2.84. The fourth-order valence-electron chi connectivity index (χ4n) is 3.92. The molecule has 2 aromatic rings. The van der Waals surface area contributed by atoms with E-state index in [4.69, 9.17) is 4.98 Å². The van der Waals surface area contributed by atoms with Crippen molar-refractivity contribution in [3.8, 4) is 0 Å². The van der Waals surface area contributed by atoms with Gasteiger partial charge in [0.15, 0.2) is 0 Å². The summed E-state index contributed by atoms with van der Waals surface area (Å²) in [5, 5.41) is 10.2. The van der Waals surface area contributed by atoms with Crippen LogP contribution in [0.15, 0.2) is 30.3 Å². The van der Waals surface area contributed by atoms with Gasteiger partial charge in [-0.15, -0.1) is 0 Å². The number of pyridine rings is 1. The van der Waals surface area contributed by atoms with Gasteiger partial charge in [0, 0.05) is 18.5 Å². The average Bonchev–Trinajstić information content (AvgIpc) is 3.07. The minimum Gasteiger partial charge on any atom is -0.478 e. The average molecular weight is 282 g/mol. The third-order valence-electron chi connectivity index (χ3n) is 4.98. The van der Waals surface area contributed by atoms with E-state index in [1.807, 2.05) is 24.3 Å². The maximum absolute atomic E-state index is 11.5. The van der Waals surface area contributed by atoms with Crippen LogP contribution in [0.5, 0.6) is 0 Å². The Hall–Kier alpha value is -2.10. The van der Waals surface area contributed by atoms with Crippen molar-refractivity contribution >= 4 is 22.7 Å². The highest BCUT2D eigenvalue weighted by molar-refractivity contribution is 6.03. The summed E-state index contributed by atoms with van der Waals surface area (Å²) >= 11 is 0. The molecule has 4 nitrogen and oxygen atoms in total. The number of hydrogen-bond acceptors (Lipinski definition) is 3. The summed E-state index contributed by atoms with van der Waals surface area (Å²) in [4.78, 5) is 18.5. The van der Waals surface area contributed by atoms with Gasteiger partial charge in [-0.3, -0.25) is 0 Å². The van der Waals surface area contributed by atoms with Crippen molar-refractivity contribution in [3.63, 3.8) is 0 Å². The lowest BCUT2D eigenvalue weighted by molar-refractivity contribution is 0.0699. The number of nitrogens with zero attached hydrogens (tertiary/aromatic N) is 2. The van der Waals surface area contributed by atoms with E-state index in [0.717, 1.165) is 36.3 Å². The molecule has 0 bridgehead atoms. The fourth-order valence-corrected chi connectivity index (χ4v) is 3.92. The fraction of sp³-hybridized carbons (Fsp3) is 0.412. The lowest BCUT2D eigenvalue weighted by Crippen LogP contribution is -2.22. The number of fused-ring (bicyclic) bond motifs is 2. The number of carboxylic acids is 1. The molecule has 1 aliphatic carbocycles. The minimum absolute atomic E-state index is 0.354. The first-order chi connectivity index (χ1) is 10.2. The third kappa shape index (κ3) is 2.06. The molecule has 2 heterocycles. The van der Waals surface area contributed by atoms with Crippen molar-refractivity contribution in [2.75, 3.05) is 18.0 Å². The standard InChI is InChI=1S/C17H18N2O2/c20-17(21)14-8-16(18-15-7-2-1-6-13(14)15)19-9-11-4-3-5-12(11)10-19/h1-2,6-8,11-12H,3-5,9-10H2,(H,20,21). The zero-order valence-corrected chi connectivity index (χ0v) is 11.8. The van der Waals surface area contributed by atoms with Gasteiger partial charge in [0.25, 0.3) is 0 Å². The molecule has 1 N–H and O–H groups in total. The van der Waals surface area contributed by atoms with Gasteiger partial charge < -0.3 is 10.0 Å². The molecule has 1 aromatic carbocycles. The topological polar surface area (TPSA) is 53.4 Å². The Labute approximate surface area is 123 Å². The molecule has 0 spiro atoms. The van der Waals surface area contributed by atoms with Crippen molar-refractivity contribution in [2.45, 2.75) is 19.3 Å². The van der Waals surface area contributed by atoms with Crippen molar-refractivity contribution < 1.29 is 9.90 Å². The van der Waals surface area contributed by atoms with Crippen molar-refractivity contribution in [2.24, 2.45) is 11.8 Å². The van der Waals surface area contributed by atoms with Crippen LogP contribution in [-0.4, -0.2) is 29.1 Å². The van der Waals surface area contributed by atoms with Crippen LogP contribution >= 0.6 is 0 Å². The van der Waals surface area contributed by atoms with Crippen LogP contribution < -0.4 is 4.90 Å². The van der Waals surface area contributed by atoms with Gasteiger partial charge in [-0.05, 0) is 36.8 Å². The number of hydrogen-bond donors (Lipinski definition) is 1. The van der Waals surface area contributed by atoms with Gasteiger partial charge in [-0.1, -0.05) is 24.6 Å². The zero-order valence-electron chi connectivity index (χ0n) is 11.8. The first kappa shape index (κ1) is 12.6. The quantitative estimate of drug-likeness (QED) is 0.919. The molecule has 1 aliphatic heterocycles. The predicted molar refractivity (Wildman–Crippen MR) is 81.7 cm³/mol. The van der Waals surface area contributed by atoms with Gasteiger partial charge in [-0.25, -0.2) is 9.78 Å². The Morgan fingerprint density at radius 1 is 1.19 bits per heavy atom. The number of carboxylic acid groups (broad SMARTS) is 1. The summed E-state index contributed by atoms with van der Waals surface area (Å²) in [7, 11) is 0. The molecule has 1 saturated heterocycles. The molecule has 4 rings (SSSR count). The van der Waals surface area contributed by atoms with E-state index < -0.39 is 5.97 Å². The van der Waals surface area contributed by atoms with E-state index in [2.05, 4.69) is 4.90 Å². The number of aromatic nitrogens is 1. The van der Waals surface area contributed by atoms with Gasteiger partial charge in [0.2, 0.25) is 0 Å². The van der Waals surface area contributed by atoms with Crippen LogP contribution in [0, 0.1) is 11.8 Å². The second kappa shape index (κ2) is 4.72. The monoisotopic (exact) mass is 282 g/mol. The molecule has 2 aliphatic rings. The van der Waals surface area contributed by atoms with Crippen molar-refractivity contribution in [3.05, 3.63) is 35.9 Å². The van der Waals surface area contributed by atoms with E-state index >= 15 is 0 Å². The van der Waals surface area contributed by atoms with Crippen LogP contribution in [0.2, 0.25) is 0 Å². The molecule has 108 valence electrons. The summed E-state index contributed by atoms with van der Waals surface area (Å²) in [6, 6.07) is 9.22. The molecule has 1 saturated carbocycles. The van der Waals surface area contributed by atoms with Gasteiger partial charge in [-0.2, -0.15) is 0 Å². The summed E-state index contributed by atoms with van der Waals surface area (Å²) in [6.45, 7) is 2.05. The summed E-state index contributed by atoms with van der Waals surface area (Å²) in [5.74, 6) is 1.48. The molecule has 0 amide bonds. The van der Waals surface area contributed by atoms with E-state index in [1.54, 1.807) is 6.07 Å². The molecule has 21 heavy (non-hydrogen) atoms. The number of carbonyl (C=O) groups is 1. The highest BCUT2D eigenvalue weighted by Crippen LogP contribution is 2.39. The normalized spacial score (nSPS) is 24.5. The zero-order chi connectivity index (χ0) is 14.4. The molecular formula is C17H18N2O2. The highest BCUT2D eigenvalue weighted by atomic mass is 16.4. The molecule has 2 fully saturated rings. The SMILES string of the molecule is O=C(O)c1cc(N2CC3CCCC3C2)nc2ccccc12. The molecule has 1 aromatic heterocycles. The van der Waals surface area contributed by atoms with Gasteiger partial charge >= 0.3 is 5.97 Å². The molecular weight excluding hydrogens is 264 g/mol. The molecule has 2 atom stereocenters.